The summed E-state index contributed by atoms with van der Waals surface area (Å²) in [5.74, 6) is -0.544. The molecule has 1 aliphatic carbocycles. The van der Waals surface area contributed by atoms with Crippen LogP contribution in [0.3, 0.4) is 0 Å². The Bertz CT molecular complexity index is 511. The number of aliphatic hydroxyl groups is 1. The fraction of sp³-hybridized carbons (Fsp3) is 0.579. The summed E-state index contributed by atoms with van der Waals surface area (Å²) in [5, 5.41) is 15.1. The summed E-state index contributed by atoms with van der Waals surface area (Å²) in [6.45, 7) is -0.390. The van der Waals surface area contributed by atoms with Crippen LogP contribution in [0, 0.1) is 0 Å². The molecule has 0 radical (unpaired) electrons. The minimum atomic E-state index is -0.883. The van der Waals surface area contributed by atoms with Gasteiger partial charge in [-0.2, -0.15) is 0 Å². The van der Waals surface area contributed by atoms with E-state index >= 15 is 0 Å². The van der Waals surface area contributed by atoms with Gasteiger partial charge in [0, 0.05) is 6.04 Å². The van der Waals surface area contributed by atoms with Crippen molar-refractivity contribution in [3.63, 3.8) is 0 Å². The van der Waals surface area contributed by atoms with Crippen molar-refractivity contribution in [2.45, 2.75) is 63.5 Å². The molecule has 2 amide bonds. The third-order valence-electron chi connectivity index (χ3n) is 4.49. The van der Waals surface area contributed by atoms with Crippen LogP contribution in [0.15, 0.2) is 30.3 Å². The molecule has 1 saturated carbocycles. The third kappa shape index (κ3) is 6.32. The van der Waals surface area contributed by atoms with Gasteiger partial charge in [-0.25, -0.2) is 0 Å². The first-order valence-electron chi connectivity index (χ1n) is 8.93. The first-order chi connectivity index (χ1) is 11.7. The topological polar surface area (TPSA) is 78.4 Å². The van der Waals surface area contributed by atoms with Crippen molar-refractivity contribution in [2.24, 2.45) is 0 Å². The van der Waals surface area contributed by atoms with Crippen LogP contribution < -0.4 is 10.6 Å². The van der Waals surface area contributed by atoms with Gasteiger partial charge in [-0.05, 0) is 18.4 Å². The Labute approximate surface area is 143 Å². The van der Waals surface area contributed by atoms with E-state index in [0.29, 0.717) is 0 Å². The highest BCUT2D eigenvalue weighted by Crippen LogP contribution is 2.17. The Hall–Kier alpha value is -1.88. The number of hydrogen-bond donors (Lipinski definition) is 3. The lowest BCUT2D eigenvalue weighted by Crippen LogP contribution is -2.51. The summed E-state index contributed by atoms with van der Waals surface area (Å²) < 4.78 is 0. The molecule has 3 N–H and O–H groups in total. The molecule has 5 nitrogen and oxygen atoms in total. The van der Waals surface area contributed by atoms with Crippen molar-refractivity contribution in [2.75, 3.05) is 6.61 Å². The summed E-state index contributed by atoms with van der Waals surface area (Å²) in [4.78, 5) is 24.4. The number of amides is 2. The number of hydrogen-bond acceptors (Lipinski definition) is 3. The maximum atomic E-state index is 12.3. The van der Waals surface area contributed by atoms with Gasteiger partial charge in [-0.15, -0.1) is 0 Å². The summed E-state index contributed by atoms with van der Waals surface area (Å²) >= 11 is 0. The number of carbonyl (C=O) groups is 2. The van der Waals surface area contributed by atoms with E-state index in [-0.39, 0.29) is 30.9 Å². The zero-order valence-electron chi connectivity index (χ0n) is 14.2. The van der Waals surface area contributed by atoms with Crippen molar-refractivity contribution in [3.8, 4) is 0 Å². The second kappa shape index (κ2) is 10.1. The van der Waals surface area contributed by atoms with Gasteiger partial charge in [0.05, 0.1) is 13.0 Å². The molecular weight excluding hydrogens is 304 g/mol. The van der Waals surface area contributed by atoms with E-state index in [1.165, 1.54) is 19.3 Å². The van der Waals surface area contributed by atoms with E-state index in [2.05, 4.69) is 10.6 Å². The number of nitrogens with one attached hydrogen (secondary N) is 2. The number of benzene rings is 1. The molecule has 0 bridgehead atoms. The maximum absolute atomic E-state index is 12.3. The minimum absolute atomic E-state index is 0.151. The maximum Gasteiger partial charge on any atom is 0.245 e. The molecule has 1 aromatic rings. The molecule has 5 heteroatoms. The molecule has 0 heterocycles. The molecule has 1 aromatic carbocycles. The van der Waals surface area contributed by atoms with Crippen LogP contribution in [0.1, 0.15) is 50.5 Å². The zero-order chi connectivity index (χ0) is 17.2. The predicted octanol–water partition coefficient (Wildman–Crippen LogP) is 1.94. The first-order valence-corrected chi connectivity index (χ1v) is 8.93. The van der Waals surface area contributed by atoms with E-state index in [1.54, 1.807) is 0 Å². The summed E-state index contributed by atoms with van der Waals surface area (Å²) in [5.41, 5.74) is 0.882. The van der Waals surface area contributed by atoms with Gasteiger partial charge >= 0.3 is 0 Å². The summed E-state index contributed by atoms with van der Waals surface area (Å²) in [6, 6.07) is 8.62. The molecule has 0 aromatic heterocycles. The molecule has 24 heavy (non-hydrogen) atoms. The van der Waals surface area contributed by atoms with Gasteiger partial charge in [0.2, 0.25) is 11.8 Å². The zero-order valence-corrected chi connectivity index (χ0v) is 14.2. The molecule has 0 aliphatic heterocycles. The standard InChI is InChI=1S/C19H28N2O3/c22-14-17(21-18(23)13-15-9-5-4-6-10-15)19(24)20-16-11-7-2-1-3-8-12-16/h4-6,9-10,16-17,22H,1-3,7-8,11-14H2,(H,20,24)(H,21,23)/t17-/m0/s1. The predicted molar refractivity (Wildman–Crippen MR) is 93.4 cm³/mol. The Kier molecular flexibility index (Phi) is 7.75. The van der Waals surface area contributed by atoms with Crippen molar-refractivity contribution in [3.05, 3.63) is 35.9 Å². The molecule has 1 atom stereocenters. The average molecular weight is 332 g/mol. The summed E-state index contributed by atoms with van der Waals surface area (Å²) in [6.07, 6.45) is 8.09. The number of aliphatic hydroxyl groups excluding tert-OH is 1. The van der Waals surface area contributed by atoms with Crippen molar-refractivity contribution in [1.29, 1.82) is 0 Å². The quantitative estimate of drug-likeness (QED) is 0.745. The molecule has 1 fully saturated rings. The Morgan fingerprint density at radius 1 is 1.04 bits per heavy atom. The van der Waals surface area contributed by atoms with Crippen molar-refractivity contribution in [1.82, 2.24) is 10.6 Å². The fourth-order valence-corrected chi connectivity index (χ4v) is 3.12. The van der Waals surface area contributed by atoms with E-state index in [9.17, 15) is 14.7 Å². The minimum Gasteiger partial charge on any atom is -0.394 e. The Morgan fingerprint density at radius 3 is 2.29 bits per heavy atom. The Balaban J connectivity index is 1.82. The van der Waals surface area contributed by atoms with Gasteiger partial charge in [-0.1, -0.05) is 62.4 Å². The molecule has 2 rings (SSSR count). The monoisotopic (exact) mass is 332 g/mol. The van der Waals surface area contributed by atoms with Gasteiger partial charge in [0.25, 0.3) is 0 Å². The fourth-order valence-electron chi connectivity index (χ4n) is 3.12. The molecule has 0 saturated heterocycles. The highest BCUT2D eigenvalue weighted by Gasteiger charge is 2.23. The van der Waals surface area contributed by atoms with Gasteiger partial charge < -0.3 is 15.7 Å². The lowest BCUT2D eigenvalue weighted by Gasteiger charge is -2.24. The van der Waals surface area contributed by atoms with E-state index < -0.39 is 6.04 Å². The van der Waals surface area contributed by atoms with Gasteiger partial charge in [0.15, 0.2) is 0 Å². The van der Waals surface area contributed by atoms with Gasteiger partial charge in [0.1, 0.15) is 6.04 Å². The van der Waals surface area contributed by atoms with Crippen LogP contribution in [0.2, 0.25) is 0 Å². The van der Waals surface area contributed by atoms with Crippen molar-refractivity contribution < 1.29 is 14.7 Å². The number of rotatable bonds is 6. The highest BCUT2D eigenvalue weighted by atomic mass is 16.3. The lowest BCUT2D eigenvalue weighted by molar-refractivity contribution is -0.130. The van der Waals surface area contributed by atoms with Crippen LogP contribution in [0.25, 0.3) is 0 Å². The lowest BCUT2D eigenvalue weighted by atomic mass is 9.96. The molecular formula is C19H28N2O3. The molecule has 0 spiro atoms. The van der Waals surface area contributed by atoms with Crippen molar-refractivity contribution >= 4 is 11.8 Å². The second-order valence-corrected chi connectivity index (χ2v) is 6.52. The molecule has 0 unspecified atom stereocenters. The van der Waals surface area contributed by atoms with Crippen LogP contribution in [0.5, 0.6) is 0 Å². The second-order valence-electron chi connectivity index (χ2n) is 6.52. The van der Waals surface area contributed by atoms with E-state index in [4.69, 9.17) is 0 Å². The van der Waals surface area contributed by atoms with Crippen LogP contribution in [0.4, 0.5) is 0 Å². The third-order valence-corrected chi connectivity index (χ3v) is 4.49. The molecule has 1 aliphatic rings. The molecule has 132 valence electrons. The van der Waals surface area contributed by atoms with Crippen LogP contribution in [-0.2, 0) is 16.0 Å². The smallest absolute Gasteiger partial charge is 0.245 e. The summed E-state index contributed by atoms with van der Waals surface area (Å²) in [7, 11) is 0. The number of carbonyl (C=O) groups excluding carboxylic acids is 2. The average Bonchev–Trinajstić information content (AvgIpc) is 2.55. The first kappa shape index (κ1) is 18.5. The van der Waals surface area contributed by atoms with E-state index in [1.807, 2.05) is 30.3 Å². The van der Waals surface area contributed by atoms with Crippen LogP contribution in [-0.4, -0.2) is 35.6 Å². The van der Waals surface area contributed by atoms with E-state index in [0.717, 1.165) is 31.2 Å². The largest absolute Gasteiger partial charge is 0.394 e. The normalized spacial score (nSPS) is 17.4. The highest BCUT2D eigenvalue weighted by molar-refractivity contribution is 5.88. The van der Waals surface area contributed by atoms with Gasteiger partial charge in [-0.3, -0.25) is 9.59 Å². The van der Waals surface area contributed by atoms with Crippen LogP contribution >= 0.6 is 0 Å². The Morgan fingerprint density at radius 2 is 1.67 bits per heavy atom. The SMILES string of the molecule is O=C(Cc1ccccc1)N[C@@H](CO)C(=O)NC1CCCCCCC1.